The maximum absolute atomic E-state index is 12.6. The summed E-state index contributed by atoms with van der Waals surface area (Å²) >= 11 is 5.74. The molecule has 2 rings (SSSR count). The number of H-pyrrole nitrogens is 1. The first-order valence-electron chi connectivity index (χ1n) is 6.24. The zero-order valence-corrected chi connectivity index (χ0v) is 12.2. The molecule has 2 N–H and O–H groups in total. The number of hydrogen-bond acceptors (Lipinski definition) is 3. The van der Waals surface area contributed by atoms with Crippen LogP contribution in [0.1, 0.15) is 16.1 Å². The Bertz CT molecular complexity index is 715. The number of nitrogens with one attached hydrogen (secondary N) is 2. The highest BCUT2D eigenvalue weighted by Gasteiger charge is 2.31. The van der Waals surface area contributed by atoms with E-state index in [4.69, 9.17) is 16.3 Å². The van der Waals surface area contributed by atoms with Gasteiger partial charge in [0.1, 0.15) is 5.69 Å². The molecule has 1 amide bonds. The van der Waals surface area contributed by atoms with E-state index in [1.54, 1.807) is 6.07 Å². The lowest BCUT2D eigenvalue weighted by molar-refractivity contribution is -0.137. The number of carbonyl (C=O) groups excluding carboxylic acids is 2. The number of aromatic nitrogens is 1. The summed E-state index contributed by atoms with van der Waals surface area (Å²) in [5.41, 5.74) is -1.03. The smallest absolute Gasteiger partial charge is 0.416 e. The van der Waals surface area contributed by atoms with E-state index in [2.05, 4.69) is 10.3 Å². The number of esters is 1. The van der Waals surface area contributed by atoms with Crippen molar-refractivity contribution in [1.82, 2.24) is 4.98 Å². The lowest BCUT2D eigenvalue weighted by Gasteiger charge is -2.11. The van der Waals surface area contributed by atoms with Crippen LogP contribution in [0.5, 0.6) is 0 Å². The minimum absolute atomic E-state index is 0.0676. The number of benzene rings is 1. The summed E-state index contributed by atoms with van der Waals surface area (Å²) in [7, 11) is 0. The fraction of sp³-hybridized carbons (Fsp3) is 0.143. The van der Waals surface area contributed by atoms with Gasteiger partial charge in [-0.15, -0.1) is 0 Å². The van der Waals surface area contributed by atoms with Crippen molar-refractivity contribution in [1.29, 1.82) is 0 Å². The maximum Gasteiger partial charge on any atom is 0.416 e. The molecule has 0 fully saturated rings. The van der Waals surface area contributed by atoms with Gasteiger partial charge in [-0.2, -0.15) is 13.2 Å². The fourth-order valence-corrected chi connectivity index (χ4v) is 1.81. The number of alkyl halides is 3. The van der Waals surface area contributed by atoms with Gasteiger partial charge < -0.3 is 15.0 Å². The van der Waals surface area contributed by atoms with Gasteiger partial charge in [0.2, 0.25) is 0 Å². The number of hydrogen-bond donors (Lipinski definition) is 2. The molecular weight excluding hydrogens is 337 g/mol. The summed E-state index contributed by atoms with van der Waals surface area (Å²) in [6.45, 7) is -0.662. The van der Waals surface area contributed by atoms with Gasteiger partial charge in [0.15, 0.2) is 6.61 Å². The Kier molecular flexibility index (Phi) is 4.95. The number of aromatic amines is 1. The van der Waals surface area contributed by atoms with Crippen LogP contribution in [0, 0.1) is 0 Å². The van der Waals surface area contributed by atoms with Crippen molar-refractivity contribution in [3.63, 3.8) is 0 Å². The van der Waals surface area contributed by atoms with Crippen LogP contribution >= 0.6 is 11.6 Å². The van der Waals surface area contributed by atoms with Gasteiger partial charge in [0.25, 0.3) is 5.91 Å². The van der Waals surface area contributed by atoms with Crippen LogP contribution in [0.4, 0.5) is 18.9 Å². The van der Waals surface area contributed by atoms with Crippen LogP contribution in [-0.2, 0) is 15.7 Å². The van der Waals surface area contributed by atoms with Gasteiger partial charge in [0, 0.05) is 6.20 Å². The molecular formula is C14H10ClF3N2O3. The summed E-state index contributed by atoms with van der Waals surface area (Å²) in [5.74, 6) is -1.58. The van der Waals surface area contributed by atoms with E-state index in [0.717, 1.165) is 12.1 Å². The summed E-state index contributed by atoms with van der Waals surface area (Å²) in [4.78, 5) is 25.8. The van der Waals surface area contributed by atoms with E-state index in [9.17, 15) is 22.8 Å². The molecule has 0 unspecified atom stereocenters. The Morgan fingerprint density at radius 2 is 2.00 bits per heavy atom. The van der Waals surface area contributed by atoms with Crippen LogP contribution in [0.3, 0.4) is 0 Å². The quantitative estimate of drug-likeness (QED) is 0.833. The molecule has 0 aliphatic rings. The summed E-state index contributed by atoms with van der Waals surface area (Å²) in [5, 5.41) is 2.10. The van der Waals surface area contributed by atoms with Crippen LogP contribution < -0.4 is 5.32 Å². The maximum atomic E-state index is 12.6. The van der Waals surface area contributed by atoms with Gasteiger partial charge in [-0.1, -0.05) is 11.6 Å². The third-order valence-corrected chi connectivity index (χ3v) is 3.05. The Balaban J connectivity index is 1.99. The van der Waals surface area contributed by atoms with E-state index in [1.165, 1.54) is 12.3 Å². The second-order valence-electron chi connectivity index (χ2n) is 4.40. The molecule has 9 heteroatoms. The van der Waals surface area contributed by atoms with Crippen LogP contribution in [0.2, 0.25) is 5.02 Å². The molecule has 0 atom stereocenters. The molecule has 23 heavy (non-hydrogen) atoms. The van der Waals surface area contributed by atoms with Gasteiger partial charge in [-0.25, -0.2) is 4.79 Å². The summed E-state index contributed by atoms with van der Waals surface area (Å²) in [6.07, 6.45) is -3.07. The molecule has 1 aromatic carbocycles. The SMILES string of the molecule is O=C(COC(=O)c1ccc[nH]1)Nc1cc(C(F)(F)F)ccc1Cl. The Labute approximate surface area is 133 Å². The summed E-state index contributed by atoms with van der Waals surface area (Å²) < 4.78 is 42.6. The van der Waals surface area contributed by atoms with Gasteiger partial charge >= 0.3 is 12.1 Å². The molecule has 1 heterocycles. The van der Waals surface area contributed by atoms with E-state index < -0.39 is 30.2 Å². The first-order chi connectivity index (χ1) is 10.8. The predicted octanol–water partition coefficient (Wildman–Crippen LogP) is 3.48. The highest BCUT2D eigenvalue weighted by atomic mass is 35.5. The highest BCUT2D eigenvalue weighted by molar-refractivity contribution is 6.33. The lowest BCUT2D eigenvalue weighted by Crippen LogP contribution is -2.21. The van der Waals surface area contributed by atoms with E-state index >= 15 is 0 Å². The molecule has 0 bridgehead atoms. The van der Waals surface area contributed by atoms with Gasteiger partial charge in [-0.05, 0) is 30.3 Å². The standard InChI is InChI=1S/C14H10ClF3N2O3/c15-9-4-3-8(14(16,17)18)6-11(9)20-12(21)7-23-13(22)10-2-1-5-19-10/h1-6,19H,7H2,(H,20,21). The zero-order chi connectivity index (χ0) is 17.0. The van der Waals surface area contributed by atoms with Crippen LogP contribution in [0.15, 0.2) is 36.5 Å². The largest absolute Gasteiger partial charge is 0.451 e. The highest BCUT2D eigenvalue weighted by Crippen LogP contribution is 2.33. The first-order valence-corrected chi connectivity index (χ1v) is 6.62. The third-order valence-electron chi connectivity index (χ3n) is 2.72. The second-order valence-corrected chi connectivity index (χ2v) is 4.81. The molecule has 122 valence electrons. The Morgan fingerprint density at radius 3 is 2.61 bits per heavy atom. The Hall–Kier alpha value is -2.48. The number of rotatable bonds is 4. The molecule has 0 saturated carbocycles. The fourth-order valence-electron chi connectivity index (χ4n) is 1.65. The monoisotopic (exact) mass is 346 g/mol. The number of carbonyl (C=O) groups is 2. The van der Waals surface area contributed by atoms with Crippen LogP contribution in [-0.4, -0.2) is 23.5 Å². The molecule has 5 nitrogen and oxygen atoms in total. The van der Waals surface area contributed by atoms with Crippen molar-refractivity contribution in [3.05, 3.63) is 52.8 Å². The molecule has 0 aliphatic heterocycles. The third kappa shape index (κ3) is 4.49. The zero-order valence-electron chi connectivity index (χ0n) is 11.4. The number of anilines is 1. The average molecular weight is 347 g/mol. The van der Waals surface area contributed by atoms with Crippen molar-refractivity contribution in [2.45, 2.75) is 6.18 Å². The molecule has 0 aliphatic carbocycles. The van der Waals surface area contributed by atoms with Gasteiger partial charge in [0.05, 0.1) is 16.3 Å². The number of halogens is 4. The second kappa shape index (κ2) is 6.74. The molecule has 0 saturated heterocycles. The number of ether oxygens (including phenoxy) is 1. The van der Waals surface area contributed by atoms with E-state index in [-0.39, 0.29) is 16.4 Å². The molecule has 0 radical (unpaired) electrons. The lowest BCUT2D eigenvalue weighted by atomic mass is 10.2. The topological polar surface area (TPSA) is 71.2 Å². The number of amides is 1. The van der Waals surface area contributed by atoms with Crippen molar-refractivity contribution in [2.75, 3.05) is 11.9 Å². The predicted molar refractivity (Wildman–Crippen MR) is 76.2 cm³/mol. The minimum atomic E-state index is -4.57. The summed E-state index contributed by atoms with van der Waals surface area (Å²) in [6, 6.07) is 5.53. The van der Waals surface area contributed by atoms with Crippen molar-refractivity contribution < 1.29 is 27.5 Å². The van der Waals surface area contributed by atoms with E-state index in [1.807, 2.05) is 0 Å². The Morgan fingerprint density at radius 1 is 1.26 bits per heavy atom. The van der Waals surface area contributed by atoms with Gasteiger partial charge in [-0.3, -0.25) is 4.79 Å². The normalized spacial score (nSPS) is 11.1. The molecule has 1 aromatic heterocycles. The van der Waals surface area contributed by atoms with Crippen molar-refractivity contribution in [2.24, 2.45) is 0 Å². The average Bonchev–Trinajstić information content (AvgIpc) is 3.00. The first kappa shape index (κ1) is 16.9. The van der Waals surface area contributed by atoms with Crippen molar-refractivity contribution >= 4 is 29.2 Å². The molecule has 0 spiro atoms. The molecule has 2 aromatic rings. The minimum Gasteiger partial charge on any atom is -0.451 e. The van der Waals surface area contributed by atoms with Crippen molar-refractivity contribution in [3.8, 4) is 0 Å². The van der Waals surface area contributed by atoms with E-state index in [0.29, 0.717) is 6.07 Å². The van der Waals surface area contributed by atoms with Crippen LogP contribution in [0.25, 0.3) is 0 Å².